The van der Waals surface area contributed by atoms with Crippen LogP contribution in [0.2, 0.25) is 0 Å². The predicted octanol–water partition coefficient (Wildman–Crippen LogP) is 3.19. The summed E-state index contributed by atoms with van der Waals surface area (Å²) in [6, 6.07) is 9.75. The fourth-order valence-corrected chi connectivity index (χ4v) is 4.05. The van der Waals surface area contributed by atoms with E-state index in [0.717, 1.165) is 11.3 Å². The second-order valence-corrected chi connectivity index (χ2v) is 6.42. The molecule has 1 aromatic carbocycles. The van der Waals surface area contributed by atoms with Crippen molar-refractivity contribution in [1.82, 2.24) is 4.90 Å². The topological polar surface area (TPSA) is 3.24 Å². The lowest BCUT2D eigenvalue weighted by Crippen LogP contribution is -2.40. The molecule has 0 saturated heterocycles. The lowest BCUT2D eigenvalue weighted by molar-refractivity contribution is 0.160. The SMILES string of the molecule is CN(CC1Cc2ccccc2S1)C1CCC1. The van der Waals surface area contributed by atoms with Gasteiger partial charge < -0.3 is 4.90 Å². The molecule has 0 bridgehead atoms. The molecule has 0 N–H and O–H groups in total. The zero-order chi connectivity index (χ0) is 11.0. The number of fused-ring (bicyclic) bond motifs is 1. The fourth-order valence-electron chi connectivity index (χ4n) is 2.65. The molecule has 1 aliphatic carbocycles. The van der Waals surface area contributed by atoms with Crippen LogP contribution >= 0.6 is 11.8 Å². The van der Waals surface area contributed by atoms with Crippen LogP contribution in [0, 0.1) is 0 Å². The molecule has 1 heterocycles. The highest BCUT2D eigenvalue weighted by Crippen LogP contribution is 2.37. The predicted molar refractivity (Wildman–Crippen MR) is 70.1 cm³/mol. The Morgan fingerprint density at radius 1 is 1.31 bits per heavy atom. The first-order chi connectivity index (χ1) is 7.83. The smallest absolute Gasteiger partial charge is 0.0263 e. The normalized spacial score (nSPS) is 24.5. The van der Waals surface area contributed by atoms with Gasteiger partial charge in [-0.15, -0.1) is 11.8 Å². The van der Waals surface area contributed by atoms with Crippen molar-refractivity contribution in [3.8, 4) is 0 Å². The van der Waals surface area contributed by atoms with Crippen LogP contribution in [-0.4, -0.2) is 29.8 Å². The third kappa shape index (κ3) is 2.01. The van der Waals surface area contributed by atoms with Gasteiger partial charge in [0.25, 0.3) is 0 Å². The Morgan fingerprint density at radius 3 is 2.81 bits per heavy atom. The summed E-state index contributed by atoms with van der Waals surface area (Å²) in [6.45, 7) is 1.25. The summed E-state index contributed by atoms with van der Waals surface area (Å²) in [5.41, 5.74) is 1.56. The highest BCUT2D eigenvalue weighted by Gasteiger charge is 2.27. The van der Waals surface area contributed by atoms with Gasteiger partial charge in [0, 0.05) is 22.7 Å². The summed E-state index contributed by atoms with van der Waals surface area (Å²) in [5, 5.41) is 0.781. The van der Waals surface area contributed by atoms with Crippen LogP contribution in [0.5, 0.6) is 0 Å². The molecule has 0 radical (unpaired) electrons. The van der Waals surface area contributed by atoms with Crippen molar-refractivity contribution < 1.29 is 0 Å². The van der Waals surface area contributed by atoms with E-state index in [1.54, 1.807) is 5.56 Å². The maximum atomic E-state index is 2.58. The highest BCUT2D eigenvalue weighted by molar-refractivity contribution is 8.00. The molecule has 16 heavy (non-hydrogen) atoms. The summed E-state index contributed by atoms with van der Waals surface area (Å²) < 4.78 is 0. The molecule has 3 rings (SSSR count). The Kier molecular flexibility index (Phi) is 2.95. The zero-order valence-electron chi connectivity index (χ0n) is 9.86. The van der Waals surface area contributed by atoms with E-state index in [4.69, 9.17) is 0 Å². The van der Waals surface area contributed by atoms with E-state index in [1.165, 1.54) is 37.1 Å². The van der Waals surface area contributed by atoms with Crippen LogP contribution in [0.15, 0.2) is 29.2 Å². The molecule has 0 spiro atoms. The molecule has 1 nitrogen and oxygen atoms in total. The molecule has 1 aromatic rings. The Balaban J connectivity index is 1.59. The number of thioether (sulfide) groups is 1. The van der Waals surface area contributed by atoms with Crippen molar-refractivity contribution >= 4 is 11.8 Å². The van der Waals surface area contributed by atoms with Gasteiger partial charge in [0.2, 0.25) is 0 Å². The van der Waals surface area contributed by atoms with E-state index in [9.17, 15) is 0 Å². The third-order valence-corrected chi connectivity index (χ3v) is 5.20. The van der Waals surface area contributed by atoms with E-state index in [2.05, 4.69) is 48.0 Å². The van der Waals surface area contributed by atoms with E-state index in [-0.39, 0.29) is 0 Å². The van der Waals surface area contributed by atoms with Crippen molar-refractivity contribution in [3.63, 3.8) is 0 Å². The Morgan fingerprint density at radius 2 is 2.12 bits per heavy atom. The standard InChI is InChI=1S/C14H19NS/c1-15(12-6-4-7-12)10-13-9-11-5-2-3-8-14(11)16-13/h2-3,5,8,12-13H,4,6-7,9-10H2,1H3. The van der Waals surface area contributed by atoms with Gasteiger partial charge in [-0.2, -0.15) is 0 Å². The molecule has 0 aromatic heterocycles. The molecule has 1 unspecified atom stereocenters. The molecular weight excluding hydrogens is 214 g/mol. The van der Waals surface area contributed by atoms with Gasteiger partial charge in [0.15, 0.2) is 0 Å². The molecule has 1 atom stereocenters. The van der Waals surface area contributed by atoms with Gasteiger partial charge in [-0.05, 0) is 37.9 Å². The van der Waals surface area contributed by atoms with Crippen LogP contribution < -0.4 is 0 Å². The quantitative estimate of drug-likeness (QED) is 0.789. The first-order valence-corrected chi connectivity index (χ1v) is 7.16. The first kappa shape index (κ1) is 10.7. The number of nitrogens with zero attached hydrogens (tertiary/aromatic N) is 1. The molecule has 2 heteroatoms. The van der Waals surface area contributed by atoms with E-state index in [1.807, 2.05) is 0 Å². The summed E-state index contributed by atoms with van der Waals surface area (Å²) in [4.78, 5) is 4.09. The lowest BCUT2D eigenvalue weighted by atomic mass is 9.91. The van der Waals surface area contributed by atoms with Gasteiger partial charge in [-0.1, -0.05) is 24.6 Å². The zero-order valence-corrected chi connectivity index (χ0v) is 10.7. The highest BCUT2D eigenvalue weighted by atomic mass is 32.2. The van der Waals surface area contributed by atoms with Crippen LogP contribution in [-0.2, 0) is 6.42 Å². The minimum absolute atomic E-state index is 0.781. The molecular formula is C14H19NS. The lowest BCUT2D eigenvalue weighted by Gasteiger charge is -2.36. The summed E-state index contributed by atoms with van der Waals surface area (Å²) in [6.07, 6.45) is 5.53. The van der Waals surface area contributed by atoms with Crippen molar-refractivity contribution in [1.29, 1.82) is 0 Å². The first-order valence-electron chi connectivity index (χ1n) is 6.28. The summed E-state index contributed by atoms with van der Waals surface area (Å²) in [7, 11) is 2.30. The number of hydrogen-bond acceptors (Lipinski definition) is 2. The minimum atomic E-state index is 0.781. The second-order valence-electron chi connectivity index (χ2n) is 5.08. The number of benzene rings is 1. The van der Waals surface area contributed by atoms with Crippen molar-refractivity contribution in [2.24, 2.45) is 0 Å². The second kappa shape index (κ2) is 4.42. The molecule has 86 valence electrons. The monoisotopic (exact) mass is 233 g/mol. The number of rotatable bonds is 3. The van der Waals surface area contributed by atoms with Crippen LogP contribution in [0.3, 0.4) is 0 Å². The largest absolute Gasteiger partial charge is 0.302 e. The Labute approximate surface area is 102 Å². The molecule has 1 aliphatic heterocycles. The molecule has 1 saturated carbocycles. The molecule has 2 aliphatic rings. The van der Waals surface area contributed by atoms with Gasteiger partial charge in [-0.25, -0.2) is 0 Å². The number of hydrogen-bond donors (Lipinski definition) is 0. The van der Waals surface area contributed by atoms with E-state index < -0.39 is 0 Å². The van der Waals surface area contributed by atoms with E-state index >= 15 is 0 Å². The Bertz CT molecular complexity index is 348. The third-order valence-electron chi connectivity index (χ3n) is 3.90. The van der Waals surface area contributed by atoms with Crippen molar-refractivity contribution in [2.75, 3.05) is 13.6 Å². The Hall–Kier alpha value is -0.470. The van der Waals surface area contributed by atoms with Crippen molar-refractivity contribution in [3.05, 3.63) is 29.8 Å². The van der Waals surface area contributed by atoms with Gasteiger partial charge in [0.1, 0.15) is 0 Å². The maximum absolute atomic E-state index is 2.58. The maximum Gasteiger partial charge on any atom is 0.0263 e. The van der Waals surface area contributed by atoms with Crippen LogP contribution in [0.1, 0.15) is 24.8 Å². The average Bonchev–Trinajstić information content (AvgIpc) is 2.56. The van der Waals surface area contributed by atoms with Crippen molar-refractivity contribution in [2.45, 2.75) is 41.9 Å². The molecule has 1 fully saturated rings. The van der Waals surface area contributed by atoms with Gasteiger partial charge in [-0.3, -0.25) is 0 Å². The van der Waals surface area contributed by atoms with Crippen LogP contribution in [0.25, 0.3) is 0 Å². The van der Waals surface area contributed by atoms with E-state index in [0.29, 0.717) is 0 Å². The minimum Gasteiger partial charge on any atom is -0.302 e. The molecule has 0 amide bonds. The van der Waals surface area contributed by atoms with Gasteiger partial charge >= 0.3 is 0 Å². The average molecular weight is 233 g/mol. The fraction of sp³-hybridized carbons (Fsp3) is 0.571. The van der Waals surface area contributed by atoms with Crippen LogP contribution in [0.4, 0.5) is 0 Å². The van der Waals surface area contributed by atoms with Gasteiger partial charge in [0.05, 0.1) is 0 Å². The summed E-state index contributed by atoms with van der Waals surface area (Å²) in [5.74, 6) is 0. The summed E-state index contributed by atoms with van der Waals surface area (Å²) >= 11 is 2.07.